The molecule has 0 unspecified atom stereocenters. The van der Waals surface area contributed by atoms with Gasteiger partial charge in [-0.1, -0.05) is 18.2 Å². The normalized spacial score (nSPS) is 10.7. The number of ether oxygens (including phenoxy) is 2. The molecule has 0 aliphatic heterocycles. The minimum absolute atomic E-state index is 0.650. The van der Waals surface area contributed by atoms with Gasteiger partial charge < -0.3 is 14.8 Å². The zero-order valence-corrected chi connectivity index (χ0v) is 13.6. The highest BCUT2D eigenvalue weighted by atomic mass is 16.5. The van der Waals surface area contributed by atoms with Crippen molar-refractivity contribution < 1.29 is 9.47 Å². The third-order valence-electron chi connectivity index (χ3n) is 3.46. The van der Waals surface area contributed by atoms with Gasteiger partial charge in [-0.25, -0.2) is 0 Å². The molecule has 0 saturated heterocycles. The van der Waals surface area contributed by atoms with Crippen LogP contribution >= 0.6 is 0 Å². The minimum atomic E-state index is 0.650. The number of nitrogens with zero attached hydrogens (tertiary/aromatic N) is 1. The predicted molar refractivity (Wildman–Crippen MR) is 89.2 cm³/mol. The Balaban J connectivity index is 2.15. The molecule has 0 aliphatic carbocycles. The van der Waals surface area contributed by atoms with Gasteiger partial charge in [0.2, 0.25) is 0 Å². The Morgan fingerprint density at radius 3 is 2.68 bits per heavy atom. The Morgan fingerprint density at radius 2 is 1.95 bits per heavy atom. The molecule has 0 fully saturated rings. The highest BCUT2D eigenvalue weighted by molar-refractivity contribution is 5.67. The number of methoxy groups -OCH3 is 1. The molecule has 4 heteroatoms. The largest absolute Gasteiger partial charge is 0.493 e. The molecule has 0 radical (unpaired) electrons. The molecule has 118 valence electrons. The predicted octanol–water partition coefficient (Wildman–Crippen LogP) is 3.19. The number of aryl methyl sites for hydroxylation is 1. The van der Waals surface area contributed by atoms with Crippen LogP contribution in [0.15, 0.2) is 36.4 Å². The summed E-state index contributed by atoms with van der Waals surface area (Å²) in [5, 5.41) is 3.34. The van der Waals surface area contributed by atoms with Crippen LogP contribution in [-0.2, 0) is 11.3 Å². The molecular weight excluding hydrogens is 276 g/mol. The van der Waals surface area contributed by atoms with Gasteiger partial charge in [-0.3, -0.25) is 4.98 Å². The van der Waals surface area contributed by atoms with E-state index in [9.17, 15) is 0 Å². The van der Waals surface area contributed by atoms with Crippen molar-refractivity contribution in [3.63, 3.8) is 0 Å². The van der Waals surface area contributed by atoms with Crippen LogP contribution in [0, 0.1) is 6.92 Å². The summed E-state index contributed by atoms with van der Waals surface area (Å²) in [5.41, 5.74) is 4.22. The van der Waals surface area contributed by atoms with Crippen molar-refractivity contribution in [2.75, 3.05) is 26.9 Å². The lowest BCUT2D eigenvalue weighted by Gasteiger charge is -2.12. The molecule has 0 atom stereocenters. The monoisotopic (exact) mass is 300 g/mol. The maximum absolute atomic E-state index is 5.69. The van der Waals surface area contributed by atoms with Crippen molar-refractivity contribution >= 4 is 0 Å². The number of hydrogen-bond donors (Lipinski definition) is 1. The van der Waals surface area contributed by atoms with Crippen molar-refractivity contribution in [1.29, 1.82) is 0 Å². The highest BCUT2D eigenvalue weighted by Crippen LogP contribution is 2.29. The van der Waals surface area contributed by atoms with E-state index in [4.69, 9.17) is 14.5 Å². The summed E-state index contributed by atoms with van der Waals surface area (Å²) >= 11 is 0. The third-order valence-corrected chi connectivity index (χ3v) is 3.46. The Bertz CT molecular complexity index is 599. The van der Waals surface area contributed by atoms with Crippen LogP contribution < -0.4 is 10.1 Å². The van der Waals surface area contributed by atoms with E-state index in [1.165, 1.54) is 5.56 Å². The first kappa shape index (κ1) is 16.5. The van der Waals surface area contributed by atoms with Gasteiger partial charge in [0.1, 0.15) is 5.75 Å². The van der Waals surface area contributed by atoms with Crippen LogP contribution in [0.1, 0.15) is 18.2 Å². The van der Waals surface area contributed by atoms with Crippen LogP contribution in [0.5, 0.6) is 5.75 Å². The Morgan fingerprint density at radius 1 is 1.14 bits per heavy atom. The third kappa shape index (κ3) is 4.29. The summed E-state index contributed by atoms with van der Waals surface area (Å²) in [6.45, 7) is 7.04. The van der Waals surface area contributed by atoms with Crippen LogP contribution in [0.2, 0.25) is 0 Å². The average molecular weight is 300 g/mol. The van der Waals surface area contributed by atoms with E-state index in [0.717, 1.165) is 35.8 Å². The van der Waals surface area contributed by atoms with E-state index in [2.05, 4.69) is 17.4 Å². The van der Waals surface area contributed by atoms with Gasteiger partial charge in [0, 0.05) is 31.5 Å². The molecule has 0 saturated carbocycles. The molecule has 1 heterocycles. The molecule has 2 rings (SSSR count). The Labute approximate surface area is 132 Å². The molecule has 0 aliphatic rings. The standard InChI is InChI=1S/C18H24N2O2/c1-4-22-18-8-6-5-7-16(18)17-10-9-15(14(2)20-17)13-19-11-12-21-3/h5-10,19H,4,11-13H2,1-3H3. The lowest BCUT2D eigenvalue weighted by atomic mass is 10.1. The second-order valence-electron chi connectivity index (χ2n) is 5.04. The van der Waals surface area contributed by atoms with Crippen LogP contribution in [0.4, 0.5) is 0 Å². The number of benzene rings is 1. The molecule has 4 nitrogen and oxygen atoms in total. The lowest BCUT2D eigenvalue weighted by Crippen LogP contribution is -2.19. The van der Waals surface area contributed by atoms with Gasteiger partial charge in [-0.15, -0.1) is 0 Å². The second kappa shape index (κ2) is 8.51. The van der Waals surface area contributed by atoms with Gasteiger partial charge in [-0.05, 0) is 37.6 Å². The lowest BCUT2D eigenvalue weighted by molar-refractivity contribution is 0.199. The summed E-state index contributed by atoms with van der Waals surface area (Å²) in [5.74, 6) is 0.878. The number of nitrogens with one attached hydrogen (secondary N) is 1. The first-order valence-corrected chi connectivity index (χ1v) is 7.64. The minimum Gasteiger partial charge on any atom is -0.493 e. The van der Waals surface area contributed by atoms with E-state index in [1.54, 1.807) is 7.11 Å². The van der Waals surface area contributed by atoms with Crippen LogP contribution in [0.3, 0.4) is 0 Å². The molecule has 0 bridgehead atoms. The van der Waals surface area contributed by atoms with E-state index in [-0.39, 0.29) is 0 Å². The van der Waals surface area contributed by atoms with Crippen LogP contribution in [0.25, 0.3) is 11.3 Å². The maximum atomic E-state index is 5.69. The van der Waals surface area contributed by atoms with Crippen LogP contribution in [-0.4, -0.2) is 31.9 Å². The first-order chi connectivity index (χ1) is 10.8. The summed E-state index contributed by atoms with van der Waals surface area (Å²) in [6.07, 6.45) is 0. The van der Waals surface area contributed by atoms with Gasteiger partial charge in [0.25, 0.3) is 0 Å². The van der Waals surface area contributed by atoms with Gasteiger partial charge in [-0.2, -0.15) is 0 Å². The molecule has 2 aromatic rings. The van der Waals surface area contributed by atoms with Gasteiger partial charge in [0.05, 0.1) is 18.9 Å². The fraction of sp³-hybridized carbons (Fsp3) is 0.389. The fourth-order valence-corrected chi connectivity index (χ4v) is 2.28. The summed E-state index contributed by atoms with van der Waals surface area (Å²) in [7, 11) is 1.71. The number of hydrogen-bond acceptors (Lipinski definition) is 4. The van der Waals surface area contributed by atoms with E-state index in [1.807, 2.05) is 38.1 Å². The molecule has 1 aromatic carbocycles. The average Bonchev–Trinajstić information content (AvgIpc) is 2.54. The second-order valence-corrected chi connectivity index (χ2v) is 5.04. The first-order valence-electron chi connectivity index (χ1n) is 7.64. The molecule has 1 aromatic heterocycles. The molecule has 0 spiro atoms. The molecule has 1 N–H and O–H groups in total. The topological polar surface area (TPSA) is 43.4 Å². The Hall–Kier alpha value is -1.91. The number of pyridine rings is 1. The summed E-state index contributed by atoms with van der Waals surface area (Å²) in [6, 6.07) is 12.2. The quantitative estimate of drug-likeness (QED) is 0.760. The van der Waals surface area contributed by atoms with Crippen molar-refractivity contribution in [1.82, 2.24) is 10.3 Å². The molecule has 22 heavy (non-hydrogen) atoms. The number of para-hydroxylation sites is 1. The maximum Gasteiger partial charge on any atom is 0.128 e. The van der Waals surface area contributed by atoms with Gasteiger partial charge >= 0.3 is 0 Å². The molecule has 0 amide bonds. The highest BCUT2D eigenvalue weighted by Gasteiger charge is 2.08. The smallest absolute Gasteiger partial charge is 0.128 e. The van der Waals surface area contributed by atoms with E-state index in [0.29, 0.717) is 13.2 Å². The van der Waals surface area contributed by atoms with E-state index >= 15 is 0 Å². The fourth-order valence-electron chi connectivity index (χ4n) is 2.28. The van der Waals surface area contributed by atoms with Crippen molar-refractivity contribution in [3.05, 3.63) is 47.7 Å². The van der Waals surface area contributed by atoms with Gasteiger partial charge in [0.15, 0.2) is 0 Å². The Kier molecular flexibility index (Phi) is 6.37. The SMILES string of the molecule is CCOc1ccccc1-c1ccc(CNCCOC)c(C)n1. The van der Waals surface area contributed by atoms with Crippen molar-refractivity contribution in [2.45, 2.75) is 20.4 Å². The van der Waals surface area contributed by atoms with E-state index < -0.39 is 0 Å². The zero-order valence-electron chi connectivity index (χ0n) is 13.6. The number of aromatic nitrogens is 1. The molecular formula is C18H24N2O2. The summed E-state index contributed by atoms with van der Waals surface area (Å²) < 4.78 is 10.7. The number of rotatable bonds is 8. The van der Waals surface area contributed by atoms with Crippen molar-refractivity contribution in [3.8, 4) is 17.0 Å². The van der Waals surface area contributed by atoms with Crippen molar-refractivity contribution in [2.24, 2.45) is 0 Å². The summed E-state index contributed by atoms with van der Waals surface area (Å²) in [4.78, 5) is 4.73. The zero-order chi connectivity index (χ0) is 15.8.